The molecule has 0 bridgehead atoms. The van der Waals surface area contributed by atoms with Crippen molar-refractivity contribution in [2.75, 3.05) is 11.9 Å². The van der Waals surface area contributed by atoms with E-state index in [2.05, 4.69) is 5.32 Å². The van der Waals surface area contributed by atoms with Crippen LogP contribution in [0.15, 0.2) is 42.5 Å². The van der Waals surface area contributed by atoms with Crippen LogP contribution in [0.2, 0.25) is 5.02 Å². The van der Waals surface area contributed by atoms with Gasteiger partial charge in [-0.25, -0.2) is 4.79 Å². The van der Waals surface area contributed by atoms with Crippen molar-refractivity contribution in [3.8, 4) is 11.5 Å². The Bertz CT molecular complexity index is 791. The van der Waals surface area contributed by atoms with Gasteiger partial charge in [0.15, 0.2) is 6.61 Å². The molecule has 0 spiro atoms. The molecular weight excluding hydrogens is 358 g/mol. The number of rotatable bonds is 8. The Hall–Kier alpha value is -2.73. The Morgan fingerprint density at radius 2 is 1.88 bits per heavy atom. The van der Waals surface area contributed by atoms with Crippen molar-refractivity contribution in [2.24, 2.45) is 0 Å². The molecule has 0 aliphatic heterocycles. The number of carboxylic acid groups (broad SMARTS) is 1. The minimum absolute atomic E-state index is 0.0105. The Labute approximate surface area is 156 Å². The second-order valence-electron chi connectivity index (χ2n) is 5.83. The van der Waals surface area contributed by atoms with E-state index in [9.17, 15) is 9.59 Å². The standard InChI is InChI=1S/C19H20ClNO5/c1-12(2)26-16-6-4-3-5-13(16)9-18(22)21-14-7-8-17(15(20)10-14)25-11-19(23)24/h3-8,10,12H,9,11H2,1-2H3,(H,21,22)(H,23,24). The summed E-state index contributed by atoms with van der Waals surface area (Å²) in [7, 11) is 0. The first kappa shape index (κ1) is 19.6. The van der Waals surface area contributed by atoms with Crippen molar-refractivity contribution in [1.29, 1.82) is 0 Å². The van der Waals surface area contributed by atoms with E-state index in [1.165, 1.54) is 12.1 Å². The molecule has 0 radical (unpaired) electrons. The monoisotopic (exact) mass is 377 g/mol. The Morgan fingerprint density at radius 3 is 2.54 bits per heavy atom. The summed E-state index contributed by atoms with van der Waals surface area (Å²) in [6, 6.07) is 12.0. The first-order valence-electron chi connectivity index (χ1n) is 8.03. The van der Waals surface area contributed by atoms with Crippen LogP contribution in [0.1, 0.15) is 19.4 Å². The first-order chi connectivity index (χ1) is 12.3. The average Bonchev–Trinajstić information content (AvgIpc) is 2.55. The van der Waals surface area contributed by atoms with Gasteiger partial charge in [0.05, 0.1) is 17.5 Å². The van der Waals surface area contributed by atoms with Crippen molar-refractivity contribution in [3.63, 3.8) is 0 Å². The fourth-order valence-corrected chi connectivity index (χ4v) is 2.47. The van der Waals surface area contributed by atoms with E-state index in [0.29, 0.717) is 11.4 Å². The number of hydrogen-bond donors (Lipinski definition) is 2. The Morgan fingerprint density at radius 1 is 1.15 bits per heavy atom. The number of para-hydroxylation sites is 1. The van der Waals surface area contributed by atoms with E-state index in [1.807, 2.05) is 38.1 Å². The maximum atomic E-state index is 12.3. The summed E-state index contributed by atoms with van der Waals surface area (Å²) in [4.78, 5) is 22.8. The molecule has 7 heteroatoms. The van der Waals surface area contributed by atoms with Gasteiger partial charge >= 0.3 is 5.97 Å². The van der Waals surface area contributed by atoms with Gasteiger partial charge in [0.2, 0.25) is 5.91 Å². The molecule has 0 fully saturated rings. The minimum atomic E-state index is -1.10. The fraction of sp³-hybridized carbons (Fsp3) is 0.263. The summed E-state index contributed by atoms with van der Waals surface area (Å²) >= 11 is 6.05. The molecule has 0 unspecified atom stereocenters. The summed E-state index contributed by atoms with van der Waals surface area (Å²) < 4.78 is 10.8. The molecule has 26 heavy (non-hydrogen) atoms. The number of nitrogens with one attached hydrogen (secondary N) is 1. The van der Waals surface area contributed by atoms with Crippen LogP contribution in [0.25, 0.3) is 0 Å². The van der Waals surface area contributed by atoms with E-state index in [4.69, 9.17) is 26.2 Å². The maximum Gasteiger partial charge on any atom is 0.341 e. The highest BCUT2D eigenvalue weighted by molar-refractivity contribution is 6.32. The molecule has 0 aliphatic carbocycles. The van der Waals surface area contributed by atoms with Gasteiger partial charge in [-0.3, -0.25) is 4.79 Å². The lowest BCUT2D eigenvalue weighted by Crippen LogP contribution is -2.16. The minimum Gasteiger partial charge on any atom is -0.491 e. The normalized spacial score (nSPS) is 10.5. The summed E-state index contributed by atoms with van der Waals surface area (Å²) in [6.07, 6.45) is 0.161. The quantitative estimate of drug-likeness (QED) is 0.731. The van der Waals surface area contributed by atoms with Crippen molar-refractivity contribution in [1.82, 2.24) is 0 Å². The third-order valence-corrected chi connectivity index (χ3v) is 3.55. The second kappa shape index (κ2) is 9.10. The largest absolute Gasteiger partial charge is 0.491 e. The van der Waals surface area contributed by atoms with Crippen LogP contribution in [-0.2, 0) is 16.0 Å². The van der Waals surface area contributed by atoms with E-state index in [-0.39, 0.29) is 29.2 Å². The highest BCUT2D eigenvalue weighted by atomic mass is 35.5. The number of benzene rings is 2. The van der Waals surface area contributed by atoms with Gasteiger partial charge in [0.25, 0.3) is 0 Å². The lowest BCUT2D eigenvalue weighted by Gasteiger charge is -2.14. The SMILES string of the molecule is CC(C)Oc1ccccc1CC(=O)Nc1ccc(OCC(=O)O)c(Cl)c1. The van der Waals surface area contributed by atoms with Gasteiger partial charge in [-0.2, -0.15) is 0 Å². The van der Waals surface area contributed by atoms with E-state index in [0.717, 1.165) is 5.56 Å². The van der Waals surface area contributed by atoms with Crippen LogP contribution in [0, 0.1) is 0 Å². The van der Waals surface area contributed by atoms with Gasteiger partial charge in [-0.1, -0.05) is 29.8 Å². The molecule has 0 aromatic heterocycles. The van der Waals surface area contributed by atoms with Crippen LogP contribution in [-0.4, -0.2) is 29.7 Å². The lowest BCUT2D eigenvalue weighted by atomic mass is 10.1. The van der Waals surface area contributed by atoms with Crippen LogP contribution in [0.5, 0.6) is 11.5 Å². The van der Waals surface area contributed by atoms with Gasteiger partial charge in [-0.05, 0) is 38.1 Å². The molecule has 0 saturated heterocycles. The molecule has 1 amide bonds. The molecule has 138 valence electrons. The van der Waals surface area contributed by atoms with Crippen molar-refractivity contribution >= 4 is 29.2 Å². The third-order valence-electron chi connectivity index (χ3n) is 3.25. The van der Waals surface area contributed by atoms with Crippen LogP contribution in [0.3, 0.4) is 0 Å². The van der Waals surface area contributed by atoms with Gasteiger partial charge in [0.1, 0.15) is 11.5 Å². The number of aliphatic carboxylic acids is 1. The molecule has 0 atom stereocenters. The first-order valence-corrected chi connectivity index (χ1v) is 8.41. The van der Waals surface area contributed by atoms with Crippen molar-refractivity contribution in [3.05, 3.63) is 53.1 Å². The summed E-state index contributed by atoms with van der Waals surface area (Å²) in [5.74, 6) is -0.406. The number of hydrogen-bond acceptors (Lipinski definition) is 4. The number of amides is 1. The maximum absolute atomic E-state index is 12.3. The van der Waals surface area contributed by atoms with E-state index in [1.54, 1.807) is 6.07 Å². The topological polar surface area (TPSA) is 84.9 Å². The predicted molar refractivity (Wildman–Crippen MR) is 99.1 cm³/mol. The number of ether oxygens (including phenoxy) is 2. The van der Waals surface area contributed by atoms with E-state index >= 15 is 0 Å². The highest BCUT2D eigenvalue weighted by Gasteiger charge is 2.12. The molecule has 0 heterocycles. The molecular formula is C19H20ClNO5. The lowest BCUT2D eigenvalue weighted by molar-refractivity contribution is -0.139. The van der Waals surface area contributed by atoms with Gasteiger partial charge < -0.3 is 19.9 Å². The zero-order chi connectivity index (χ0) is 19.1. The number of halogens is 1. The van der Waals surface area contributed by atoms with Crippen LogP contribution in [0.4, 0.5) is 5.69 Å². The second-order valence-corrected chi connectivity index (χ2v) is 6.23. The summed E-state index contributed by atoms with van der Waals surface area (Å²) in [5.41, 5.74) is 1.27. The van der Waals surface area contributed by atoms with Crippen LogP contribution >= 0.6 is 11.6 Å². The van der Waals surface area contributed by atoms with Gasteiger partial charge in [0, 0.05) is 11.3 Å². The molecule has 6 nitrogen and oxygen atoms in total. The summed E-state index contributed by atoms with van der Waals surface area (Å²) in [5, 5.41) is 11.6. The predicted octanol–water partition coefficient (Wildman–Crippen LogP) is 3.77. The zero-order valence-electron chi connectivity index (χ0n) is 14.5. The molecule has 2 aromatic carbocycles. The Balaban J connectivity index is 2.02. The molecule has 2 N–H and O–H groups in total. The van der Waals surface area contributed by atoms with Gasteiger partial charge in [-0.15, -0.1) is 0 Å². The number of carboxylic acids is 1. The smallest absolute Gasteiger partial charge is 0.341 e. The Kier molecular flexibility index (Phi) is 6.86. The van der Waals surface area contributed by atoms with Crippen molar-refractivity contribution in [2.45, 2.75) is 26.4 Å². The average molecular weight is 378 g/mol. The molecule has 0 saturated carbocycles. The fourth-order valence-electron chi connectivity index (χ4n) is 2.23. The molecule has 2 rings (SSSR count). The van der Waals surface area contributed by atoms with E-state index < -0.39 is 12.6 Å². The molecule has 2 aromatic rings. The third kappa shape index (κ3) is 5.97. The number of carbonyl (C=O) groups is 2. The summed E-state index contributed by atoms with van der Waals surface area (Å²) in [6.45, 7) is 3.36. The number of anilines is 1. The number of carbonyl (C=O) groups excluding carboxylic acids is 1. The molecule has 0 aliphatic rings. The highest BCUT2D eigenvalue weighted by Crippen LogP contribution is 2.28. The van der Waals surface area contributed by atoms with Crippen molar-refractivity contribution < 1.29 is 24.2 Å². The van der Waals surface area contributed by atoms with Crippen LogP contribution < -0.4 is 14.8 Å². The zero-order valence-corrected chi connectivity index (χ0v) is 15.2.